The topological polar surface area (TPSA) is 139 Å². The molecule has 6 atom stereocenters. The zero-order chi connectivity index (χ0) is 36.8. The molecule has 2 aliphatic heterocycles. The van der Waals surface area contributed by atoms with Crippen LogP contribution in [0.15, 0.2) is 84.9 Å². The van der Waals surface area contributed by atoms with Gasteiger partial charge in [-0.3, -0.25) is 9.69 Å². The van der Waals surface area contributed by atoms with Gasteiger partial charge in [-0.2, -0.15) is 0 Å². The molecule has 4 N–H and O–H groups in total. The van der Waals surface area contributed by atoms with E-state index < -0.39 is 36.3 Å². The van der Waals surface area contributed by atoms with Gasteiger partial charge in [0.1, 0.15) is 18.5 Å². The summed E-state index contributed by atoms with van der Waals surface area (Å²) in [5.74, 6) is -0.150. The number of alkyl carbamates (subject to hydrolysis) is 1. The number of carbonyl (C=O) groups excluding carboxylic acids is 2. The van der Waals surface area contributed by atoms with Gasteiger partial charge in [0.2, 0.25) is 5.91 Å². The number of nitrogens with one attached hydrogen (secondary N) is 2. The molecule has 0 unspecified atom stereocenters. The second kappa shape index (κ2) is 19.7. The number of allylic oxidation sites excluding steroid dienone is 1. The largest absolute Gasteiger partial charge is 0.492 e. The van der Waals surface area contributed by atoms with Crippen molar-refractivity contribution in [3.63, 3.8) is 0 Å². The summed E-state index contributed by atoms with van der Waals surface area (Å²) in [6.45, 7) is 5.80. The first kappa shape index (κ1) is 38.5. The molecule has 3 aromatic rings. The lowest BCUT2D eigenvalue weighted by molar-refractivity contribution is -0.127. The van der Waals surface area contributed by atoms with Gasteiger partial charge in [-0.05, 0) is 66.5 Å². The fraction of sp³-hybridized carbons (Fsp3) is 0.476. The molecule has 2 heterocycles. The van der Waals surface area contributed by atoms with Gasteiger partial charge >= 0.3 is 6.09 Å². The molecule has 53 heavy (non-hydrogen) atoms. The number of amides is 2. The number of aliphatic hydroxyl groups excluding tert-OH is 2. The number of hydrogen-bond donors (Lipinski definition) is 4. The van der Waals surface area contributed by atoms with E-state index in [0.717, 1.165) is 67.3 Å². The zero-order valence-corrected chi connectivity index (χ0v) is 30.3. The molecule has 0 radical (unpaired) electrons. The average Bonchev–Trinajstić information content (AvgIpc) is 3.50. The van der Waals surface area contributed by atoms with Gasteiger partial charge in [-0.25, -0.2) is 4.79 Å². The van der Waals surface area contributed by atoms with Gasteiger partial charge in [0, 0.05) is 38.6 Å². The van der Waals surface area contributed by atoms with Crippen LogP contribution in [0.4, 0.5) is 4.79 Å². The van der Waals surface area contributed by atoms with Crippen LogP contribution < -0.4 is 15.4 Å². The lowest BCUT2D eigenvalue weighted by Gasteiger charge is -2.29. The lowest BCUT2D eigenvalue weighted by atomic mass is 9.90. The Morgan fingerprint density at radius 1 is 0.962 bits per heavy atom. The van der Waals surface area contributed by atoms with E-state index >= 15 is 0 Å². The standard InChI is InChI=1S/C42H53N3O8/c46-38(37(26-31-8-2-1-3-9-31)43-42(49)53-35-13-7-22-51-29-35)28-33(41(48)44-40-36-14-5-4-11-32(36)27-39(40)47)12-6-10-30-15-17-34(18-16-30)52-25-21-45-19-23-50-24-20-45/h1-6,8-11,14-18,33,35,37-40,46-47H,7,12-13,19-29H2,(H,43,49)(H,44,48)/b10-6+/t33-,35+,37+,38+,39-,40+/m1/s1. The number of carbonyl (C=O) groups is 2. The molecule has 0 saturated carbocycles. The summed E-state index contributed by atoms with van der Waals surface area (Å²) < 4.78 is 22.5. The summed E-state index contributed by atoms with van der Waals surface area (Å²) in [6, 6.07) is 23.9. The molecule has 2 saturated heterocycles. The first-order valence-electron chi connectivity index (χ1n) is 18.9. The minimum absolute atomic E-state index is 0.0703. The summed E-state index contributed by atoms with van der Waals surface area (Å²) in [5.41, 5.74) is 3.78. The SMILES string of the molecule is O=C(N[C@@H](Cc1ccccc1)[C@@H](O)C[C@@H](C/C=C/c1ccc(OCCN2CCOCC2)cc1)C(=O)N[C@H]1c2ccccc2C[C@H]1O)O[C@H]1CCCOC1. The van der Waals surface area contributed by atoms with Gasteiger partial charge in [-0.15, -0.1) is 0 Å². The number of nitrogens with zero attached hydrogens (tertiary/aromatic N) is 1. The quantitative estimate of drug-likeness (QED) is 0.169. The summed E-state index contributed by atoms with van der Waals surface area (Å²) in [6.07, 6.45) is 3.81. The minimum atomic E-state index is -1.08. The molecule has 3 aromatic carbocycles. The third-order valence-electron chi connectivity index (χ3n) is 10.2. The Morgan fingerprint density at radius 2 is 1.74 bits per heavy atom. The third-order valence-corrected chi connectivity index (χ3v) is 10.2. The Morgan fingerprint density at radius 3 is 2.51 bits per heavy atom. The van der Waals surface area contributed by atoms with Crippen molar-refractivity contribution in [2.45, 2.75) is 68.9 Å². The monoisotopic (exact) mass is 727 g/mol. The molecule has 2 fully saturated rings. The van der Waals surface area contributed by atoms with Crippen LogP contribution in [0.3, 0.4) is 0 Å². The van der Waals surface area contributed by atoms with Crippen LogP contribution >= 0.6 is 0 Å². The van der Waals surface area contributed by atoms with Crippen molar-refractivity contribution in [1.29, 1.82) is 0 Å². The Hall–Kier alpha value is -4.26. The predicted octanol–water partition coefficient (Wildman–Crippen LogP) is 4.46. The van der Waals surface area contributed by atoms with Crippen molar-refractivity contribution < 1.29 is 38.7 Å². The first-order valence-corrected chi connectivity index (χ1v) is 18.9. The summed E-state index contributed by atoms with van der Waals surface area (Å²) >= 11 is 0. The molecule has 1 aliphatic carbocycles. The van der Waals surface area contributed by atoms with Crippen molar-refractivity contribution in [1.82, 2.24) is 15.5 Å². The van der Waals surface area contributed by atoms with Gasteiger partial charge in [-0.1, -0.05) is 78.9 Å². The van der Waals surface area contributed by atoms with E-state index in [9.17, 15) is 19.8 Å². The van der Waals surface area contributed by atoms with Crippen molar-refractivity contribution in [3.8, 4) is 5.75 Å². The molecule has 11 nitrogen and oxygen atoms in total. The zero-order valence-electron chi connectivity index (χ0n) is 30.3. The van der Waals surface area contributed by atoms with Crippen LogP contribution in [0.5, 0.6) is 5.75 Å². The van der Waals surface area contributed by atoms with E-state index in [-0.39, 0.29) is 18.4 Å². The van der Waals surface area contributed by atoms with E-state index in [1.54, 1.807) is 0 Å². The fourth-order valence-electron chi connectivity index (χ4n) is 7.24. The van der Waals surface area contributed by atoms with Crippen LogP contribution in [-0.2, 0) is 31.8 Å². The number of hydrogen-bond acceptors (Lipinski definition) is 9. The highest BCUT2D eigenvalue weighted by Crippen LogP contribution is 2.32. The van der Waals surface area contributed by atoms with Crippen LogP contribution in [0.25, 0.3) is 6.08 Å². The number of morpholine rings is 1. The maximum absolute atomic E-state index is 14.0. The molecule has 6 rings (SSSR count). The van der Waals surface area contributed by atoms with E-state index in [1.807, 2.05) is 91.0 Å². The van der Waals surface area contributed by atoms with Crippen LogP contribution in [-0.4, -0.2) is 104 Å². The minimum Gasteiger partial charge on any atom is -0.492 e. The highest BCUT2D eigenvalue weighted by molar-refractivity contribution is 5.80. The molecule has 11 heteroatoms. The number of benzene rings is 3. The van der Waals surface area contributed by atoms with Crippen molar-refractivity contribution in [3.05, 3.63) is 107 Å². The van der Waals surface area contributed by atoms with Crippen LogP contribution in [0.2, 0.25) is 0 Å². The average molecular weight is 728 g/mol. The smallest absolute Gasteiger partial charge is 0.407 e. The molecule has 284 valence electrons. The highest BCUT2D eigenvalue weighted by atomic mass is 16.6. The maximum Gasteiger partial charge on any atom is 0.407 e. The Balaban J connectivity index is 1.13. The van der Waals surface area contributed by atoms with Crippen molar-refractivity contribution >= 4 is 18.1 Å². The Kier molecular flexibility index (Phi) is 14.3. The van der Waals surface area contributed by atoms with E-state index in [0.29, 0.717) is 45.5 Å². The van der Waals surface area contributed by atoms with E-state index in [1.165, 1.54) is 0 Å². The molecular formula is C42H53N3O8. The van der Waals surface area contributed by atoms with Crippen molar-refractivity contribution in [2.24, 2.45) is 5.92 Å². The molecule has 3 aliphatic rings. The summed E-state index contributed by atoms with van der Waals surface area (Å²) in [7, 11) is 0. The van der Waals surface area contributed by atoms with Gasteiger partial charge in [0.05, 0.1) is 44.1 Å². The van der Waals surface area contributed by atoms with E-state index in [4.69, 9.17) is 18.9 Å². The molecular weight excluding hydrogens is 674 g/mol. The van der Waals surface area contributed by atoms with Gasteiger partial charge < -0.3 is 39.8 Å². The van der Waals surface area contributed by atoms with Crippen molar-refractivity contribution in [2.75, 3.05) is 52.7 Å². The molecule has 0 spiro atoms. The molecule has 0 bridgehead atoms. The number of aliphatic hydroxyl groups is 2. The summed E-state index contributed by atoms with van der Waals surface area (Å²) in [4.78, 5) is 29.4. The Bertz CT molecular complexity index is 1610. The second-order valence-corrected chi connectivity index (χ2v) is 14.2. The fourth-order valence-corrected chi connectivity index (χ4v) is 7.24. The second-order valence-electron chi connectivity index (χ2n) is 14.2. The van der Waals surface area contributed by atoms with Crippen LogP contribution in [0.1, 0.15) is 54.0 Å². The van der Waals surface area contributed by atoms with Gasteiger partial charge in [0.15, 0.2) is 0 Å². The van der Waals surface area contributed by atoms with Crippen LogP contribution in [0, 0.1) is 5.92 Å². The maximum atomic E-state index is 14.0. The Labute approximate surface area is 312 Å². The number of ether oxygens (including phenoxy) is 4. The normalized spacial score (nSPS) is 22.0. The summed E-state index contributed by atoms with van der Waals surface area (Å²) in [5, 5.41) is 28.6. The number of rotatable bonds is 16. The lowest BCUT2D eigenvalue weighted by Crippen LogP contribution is -2.48. The molecule has 0 aromatic heterocycles. The predicted molar refractivity (Wildman–Crippen MR) is 201 cm³/mol. The third kappa shape index (κ3) is 11.6. The molecule has 2 amide bonds. The highest BCUT2D eigenvalue weighted by Gasteiger charge is 2.35. The number of fused-ring (bicyclic) bond motifs is 1. The van der Waals surface area contributed by atoms with E-state index in [2.05, 4.69) is 15.5 Å². The van der Waals surface area contributed by atoms with Gasteiger partial charge in [0.25, 0.3) is 0 Å². The first-order chi connectivity index (χ1) is 25.9.